The van der Waals surface area contributed by atoms with E-state index in [4.69, 9.17) is 4.74 Å². The quantitative estimate of drug-likeness (QED) is 0.888. The van der Waals surface area contributed by atoms with E-state index in [0.29, 0.717) is 11.3 Å². The van der Waals surface area contributed by atoms with Gasteiger partial charge >= 0.3 is 0 Å². The number of hydrogen-bond donors (Lipinski definition) is 2. The van der Waals surface area contributed by atoms with Crippen molar-refractivity contribution in [2.24, 2.45) is 0 Å². The maximum absolute atomic E-state index is 11.9. The van der Waals surface area contributed by atoms with Crippen molar-refractivity contribution in [3.8, 4) is 5.75 Å². The van der Waals surface area contributed by atoms with Crippen molar-refractivity contribution in [3.05, 3.63) is 59.2 Å². The molecular weight excluding hydrogens is 266 g/mol. The highest BCUT2D eigenvalue weighted by Crippen LogP contribution is 2.20. The minimum atomic E-state index is -0.231. The first-order valence-electron chi connectivity index (χ1n) is 6.78. The van der Waals surface area contributed by atoms with Crippen LogP contribution in [0.15, 0.2) is 42.5 Å². The maximum Gasteiger partial charge on any atom is 0.262 e. The Labute approximate surface area is 124 Å². The molecule has 0 atom stereocenters. The third kappa shape index (κ3) is 4.33. The Hall–Kier alpha value is -2.33. The first kappa shape index (κ1) is 15.1. The number of aryl methyl sites for hydroxylation is 2. The normalized spacial score (nSPS) is 10.2. The number of anilines is 1. The van der Waals surface area contributed by atoms with E-state index >= 15 is 0 Å². The van der Waals surface area contributed by atoms with Gasteiger partial charge in [0, 0.05) is 11.3 Å². The van der Waals surface area contributed by atoms with E-state index < -0.39 is 0 Å². The van der Waals surface area contributed by atoms with Crippen molar-refractivity contribution < 1.29 is 14.6 Å². The summed E-state index contributed by atoms with van der Waals surface area (Å²) in [5.41, 5.74) is 3.54. The number of aliphatic hydroxyl groups is 1. The lowest BCUT2D eigenvalue weighted by Crippen LogP contribution is -2.20. The van der Waals surface area contributed by atoms with Crippen LogP contribution in [-0.4, -0.2) is 17.6 Å². The van der Waals surface area contributed by atoms with Gasteiger partial charge in [0.25, 0.3) is 5.91 Å². The van der Waals surface area contributed by atoms with E-state index in [2.05, 4.69) is 5.32 Å². The van der Waals surface area contributed by atoms with Gasteiger partial charge in [-0.15, -0.1) is 0 Å². The SMILES string of the molecule is Cc1cccc(NC(=O)COc2ccc(C)cc2CO)c1. The van der Waals surface area contributed by atoms with E-state index in [0.717, 1.165) is 16.8 Å². The van der Waals surface area contributed by atoms with Crippen LogP contribution in [0, 0.1) is 13.8 Å². The van der Waals surface area contributed by atoms with E-state index in [1.165, 1.54) is 0 Å². The molecule has 2 aromatic carbocycles. The number of hydrogen-bond acceptors (Lipinski definition) is 3. The molecule has 21 heavy (non-hydrogen) atoms. The fourth-order valence-corrected chi connectivity index (χ4v) is 2.04. The van der Waals surface area contributed by atoms with Gasteiger partial charge in [-0.05, 0) is 37.6 Å². The van der Waals surface area contributed by atoms with E-state index in [1.54, 1.807) is 6.07 Å². The smallest absolute Gasteiger partial charge is 0.262 e. The Balaban J connectivity index is 1.95. The molecule has 0 unspecified atom stereocenters. The second-order valence-electron chi connectivity index (χ2n) is 4.98. The molecule has 0 bridgehead atoms. The van der Waals surface area contributed by atoms with Crippen molar-refractivity contribution in [3.63, 3.8) is 0 Å². The number of nitrogens with one attached hydrogen (secondary N) is 1. The molecule has 0 heterocycles. The minimum absolute atomic E-state index is 0.0933. The van der Waals surface area contributed by atoms with Crippen molar-refractivity contribution in [2.75, 3.05) is 11.9 Å². The highest BCUT2D eigenvalue weighted by molar-refractivity contribution is 5.91. The van der Waals surface area contributed by atoms with Gasteiger partial charge in [0.05, 0.1) is 6.61 Å². The Kier molecular flexibility index (Phi) is 4.95. The molecule has 0 saturated heterocycles. The molecule has 0 radical (unpaired) electrons. The number of amides is 1. The molecule has 1 amide bonds. The molecule has 4 heteroatoms. The van der Waals surface area contributed by atoms with E-state index in [9.17, 15) is 9.90 Å². The monoisotopic (exact) mass is 285 g/mol. The second-order valence-corrected chi connectivity index (χ2v) is 4.98. The predicted octanol–water partition coefficient (Wildman–Crippen LogP) is 2.81. The average Bonchev–Trinajstić information content (AvgIpc) is 2.45. The van der Waals surface area contributed by atoms with Crippen LogP contribution in [-0.2, 0) is 11.4 Å². The summed E-state index contributed by atoms with van der Waals surface area (Å²) in [6.45, 7) is 3.69. The largest absolute Gasteiger partial charge is 0.483 e. The first-order valence-corrected chi connectivity index (χ1v) is 6.78. The molecule has 4 nitrogen and oxygen atoms in total. The van der Waals surface area contributed by atoms with Gasteiger partial charge in [-0.1, -0.05) is 29.8 Å². The van der Waals surface area contributed by atoms with Crippen LogP contribution in [0.4, 0.5) is 5.69 Å². The second kappa shape index (κ2) is 6.90. The molecule has 2 rings (SSSR count). The Morgan fingerprint density at radius 1 is 1.14 bits per heavy atom. The van der Waals surface area contributed by atoms with Gasteiger partial charge in [-0.25, -0.2) is 0 Å². The van der Waals surface area contributed by atoms with Crippen LogP contribution in [0.2, 0.25) is 0 Å². The van der Waals surface area contributed by atoms with E-state index in [1.807, 2.05) is 50.2 Å². The summed E-state index contributed by atoms with van der Waals surface area (Å²) in [7, 11) is 0. The Bertz CT molecular complexity index is 638. The fourth-order valence-electron chi connectivity index (χ4n) is 2.04. The standard InChI is InChI=1S/C17H19NO3/c1-12-4-3-5-15(9-12)18-17(20)11-21-16-7-6-13(2)8-14(16)10-19/h3-9,19H,10-11H2,1-2H3,(H,18,20). The molecule has 2 aromatic rings. The molecule has 0 aromatic heterocycles. The zero-order valence-corrected chi connectivity index (χ0v) is 12.2. The van der Waals surface area contributed by atoms with Gasteiger partial charge in [-0.3, -0.25) is 4.79 Å². The summed E-state index contributed by atoms with van der Waals surface area (Å²) in [6.07, 6.45) is 0. The molecule has 2 N–H and O–H groups in total. The number of ether oxygens (including phenoxy) is 1. The van der Waals surface area contributed by atoms with Crippen LogP contribution >= 0.6 is 0 Å². The number of carbonyl (C=O) groups excluding carboxylic acids is 1. The summed E-state index contributed by atoms with van der Waals surface area (Å²) in [4.78, 5) is 11.9. The van der Waals surface area contributed by atoms with Crippen LogP contribution in [0.1, 0.15) is 16.7 Å². The highest BCUT2D eigenvalue weighted by atomic mass is 16.5. The zero-order valence-electron chi connectivity index (χ0n) is 12.2. The molecule has 0 spiro atoms. The summed E-state index contributed by atoms with van der Waals surface area (Å²) < 4.78 is 5.48. The van der Waals surface area contributed by atoms with Crippen LogP contribution in [0.5, 0.6) is 5.75 Å². The number of rotatable bonds is 5. The topological polar surface area (TPSA) is 58.6 Å². The molecule has 0 aliphatic carbocycles. The molecule has 0 fully saturated rings. The molecule has 0 saturated carbocycles. The van der Waals surface area contributed by atoms with Gasteiger partial charge in [0.15, 0.2) is 6.61 Å². The fraction of sp³-hybridized carbons (Fsp3) is 0.235. The van der Waals surface area contributed by atoms with Crippen molar-refractivity contribution in [1.29, 1.82) is 0 Å². The highest BCUT2D eigenvalue weighted by Gasteiger charge is 2.07. The summed E-state index contributed by atoms with van der Waals surface area (Å²) >= 11 is 0. The van der Waals surface area contributed by atoms with Crippen molar-refractivity contribution in [2.45, 2.75) is 20.5 Å². The van der Waals surface area contributed by atoms with E-state index in [-0.39, 0.29) is 19.1 Å². The summed E-state index contributed by atoms with van der Waals surface area (Å²) in [5.74, 6) is 0.299. The van der Waals surface area contributed by atoms with Crippen molar-refractivity contribution in [1.82, 2.24) is 0 Å². The third-order valence-corrected chi connectivity index (χ3v) is 3.05. The number of carbonyl (C=O) groups is 1. The lowest BCUT2D eigenvalue weighted by molar-refractivity contribution is -0.118. The van der Waals surface area contributed by atoms with Gasteiger partial charge < -0.3 is 15.2 Å². The summed E-state index contributed by atoms with van der Waals surface area (Å²) in [5, 5.41) is 12.1. The Morgan fingerprint density at radius 2 is 1.90 bits per heavy atom. The maximum atomic E-state index is 11.9. The van der Waals surface area contributed by atoms with Crippen molar-refractivity contribution >= 4 is 11.6 Å². The lowest BCUT2D eigenvalue weighted by Gasteiger charge is -2.11. The average molecular weight is 285 g/mol. The minimum Gasteiger partial charge on any atom is -0.483 e. The number of benzene rings is 2. The van der Waals surface area contributed by atoms with Gasteiger partial charge in [0.2, 0.25) is 0 Å². The lowest BCUT2D eigenvalue weighted by atomic mass is 10.1. The molecule has 0 aliphatic rings. The van der Waals surface area contributed by atoms with Crippen LogP contribution < -0.4 is 10.1 Å². The first-order chi connectivity index (χ1) is 10.1. The van der Waals surface area contributed by atoms with Crippen LogP contribution in [0.3, 0.4) is 0 Å². The molecule has 110 valence electrons. The molecule has 0 aliphatic heterocycles. The van der Waals surface area contributed by atoms with Crippen LogP contribution in [0.25, 0.3) is 0 Å². The summed E-state index contributed by atoms with van der Waals surface area (Å²) in [6, 6.07) is 13.1. The zero-order chi connectivity index (χ0) is 15.2. The number of aliphatic hydroxyl groups excluding tert-OH is 1. The molecular formula is C17H19NO3. The predicted molar refractivity (Wildman–Crippen MR) is 82.4 cm³/mol. The third-order valence-electron chi connectivity index (χ3n) is 3.05. The Morgan fingerprint density at radius 3 is 2.62 bits per heavy atom. The van der Waals surface area contributed by atoms with Gasteiger partial charge in [0.1, 0.15) is 5.75 Å². The van der Waals surface area contributed by atoms with Gasteiger partial charge in [-0.2, -0.15) is 0 Å².